The van der Waals surface area contributed by atoms with Crippen LogP contribution in [0.2, 0.25) is 0 Å². The zero-order chi connectivity index (χ0) is 16.8. The number of amides is 2. The maximum atomic E-state index is 13.5. The van der Waals surface area contributed by atoms with Gasteiger partial charge in [0.15, 0.2) is 0 Å². The highest BCUT2D eigenvalue weighted by Crippen LogP contribution is 2.18. The maximum Gasteiger partial charge on any atom is 0.223 e. The Bertz CT molecular complexity index is 569. The van der Waals surface area contributed by atoms with Crippen molar-refractivity contribution in [2.75, 3.05) is 19.6 Å². The predicted octanol–water partition coefficient (Wildman–Crippen LogP) is 1.34. The van der Waals surface area contributed by atoms with Crippen molar-refractivity contribution in [2.24, 2.45) is 11.7 Å². The fraction of sp³-hybridized carbons (Fsp3) is 0.529. The predicted molar refractivity (Wildman–Crippen MR) is 86.0 cm³/mol. The Kier molecular flexibility index (Phi) is 6.10. The van der Waals surface area contributed by atoms with Crippen molar-refractivity contribution < 1.29 is 14.0 Å². The summed E-state index contributed by atoms with van der Waals surface area (Å²) in [6, 6.07) is 4.97. The Morgan fingerprint density at radius 1 is 1.35 bits per heavy atom. The van der Waals surface area contributed by atoms with Gasteiger partial charge in [-0.1, -0.05) is 12.1 Å². The van der Waals surface area contributed by atoms with Crippen molar-refractivity contribution >= 4 is 11.8 Å². The molecule has 1 heterocycles. The van der Waals surface area contributed by atoms with E-state index in [9.17, 15) is 14.0 Å². The quantitative estimate of drug-likeness (QED) is 0.859. The van der Waals surface area contributed by atoms with Gasteiger partial charge in [0.05, 0.1) is 0 Å². The molecule has 1 aromatic carbocycles. The molecule has 1 saturated heterocycles. The molecule has 1 aliphatic heterocycles. The van der Waals surface area contributed by atoms with E-state index in [1.807, 2.05) is 6.07 Å². The summed E-state index contributed by atoms with van der Waals surface area (Å²) in [5, 5.41) is 2.86. The normalized spacial score (nSPS) is 15.5. The van der Waals surface area contributed by atoms with Crippen LogP contribution in [-0.4, -0.2) is 36.3 Å². The molecule has 1 fully saturated rings. The Morgan fingerprint density at radius 3 is 2.65 bits per heavy atom. The molecule has 5 nitrogen and oxygen atoms in total. The lowest BCUT2D eigenvalue weighted by atomic mass is 9.95. The summed E-state index contributed by atoms with van der Waals surface area (Å²) in [5.74, 6) is -0.325. The third kappa shape index (κ3) is 4.76. The molecule has 0 spiro atoms. The number of carbonyl (C=O) groups is 2. The molecule has 0 unspecified atom stereocenters. The SMILES string of the molecule is Cc1ccc(CNC(=O)C2CCN(C(=O)CCN)CC2)cc1F. The number of halogens is 1. The number of aryl methyl sites for hydroxylation is 1. The topological polar surface area (TPSA) is 75.4 Å². The first-order valence-corrected chi connectivity index (χ1v) is 8.02. The Morgan fingerprint density at radius 2 is 2.04 bits per heavy atom. The summed E-state index contributed by atoms with van der Waals surface area (Å²) in [6.07, 6.45) is 1.67. The van der Waals surface area contributed by atoms with Gasteiger partial charge in [-0.2, -0.15) is 0 Å². The Hall–Kier alpha value is -1.95. The van der Waals surface area contributed by atoms with E-state index in [0.717, 1.165) is 5.56 Å². The first kappa shape index (κ1) is 17.4. The molecule has 0 saturated carbocycles. The molecule has 0 aliphatic carbocycles. The maximum absolute atomic E-state index is 13.5. The van der Waals surface area contributed by atoms with Crippen LogP contribution in [0.25, 0.3) is 0 Å². The van der Waals surface area contributed by atoms with Crippen molar-refractivity contribution in [1.82, 2.24) is 10.2 Å². The lowest BCUT2D eigenvalue weighted by Crippen LogP contribution is -2.43. The van der Waals surface area contributed by atoms with Crippen LogP contribution in [0.5, 0.6) is 0 Å². The number of nitrogens with one attached hydrogen (secondary N) is 1. The minimum Gasteiger partial charge on any atom is -0.352 e. The Balaban J connectivity index is 1.79. The first-order valence-electron chi connectivity index (χ1n) is 8.02. The first-order chi connectivity index (χ1) is 11.0. The number of piperidine rings is 1. The third-order valence-corrected chi connectivity index (χ3v) is 4.28. The second kappa shape index (κ2) is 8.06. The minimum atomic E-state index is -0.261. The van der Waals surface area contributed by atoms with E-state index in [4.69, 9.17) is 5.73 Å². The van der Waals surface area contributed by atoms with Crippen LogP contribution in [-0.2, 0) is 16.1 Å². The van der Waals surface area contributed by atoms with E-state index in [-0.39, 0.29) is 23.5 Å². The number of rotatable bonds is 5. The van der Waals surface area contributed by atoms with Gasteiger partial charge in [-0.05, 0) is 37.0 Å². The highest BCUT2D eigenvalue weighted by molar-refractivity contribution is 5.80. The van der Waals surface area contributed by atoms with Crippen LogP contribution < -0.4 is 11.1 Å². The summed E-state index contributed by atoms with van der Waals surface area (Å²) in [6.45, 7) is 3.57. The largest absolute Gasteiger partial charge is 0.352 e. The van der Waals surface area contributed by atoms with Gasteiger partial charge in [0.25, 0.3) is 0 Å². The molecular weight excluding hydrogens is 297 g/mol. The van der Waals surface area contributed by atoms with E-state index >= 15 is 0 Å². The van der Waals surface area contributed by atoms with Gasteiger partial charge in [-0.3, -0.25) is 9.59 Å². The van der Waals surface area contributed by atoms with Gasteiger partial charge in [0.1, 0.15) is 5.82 Å². The lowest BCUT2D eigenvalue weighted by Gasteiger charge is -2.31. The third-order valence-electron chi connectivity index (χ3n) is 4.28. The highest BCUT2D eigenvalue weighted by Gasteiger charge is 2.26. The van der Waals surface area contributed by atoms with Gasteiger partial charge in [0, 0.05) is 38.5 Å². The number of hydrogen-bond donors (Lipinski definition) is 2. The molecular formula is C17H24FN3O2. The van der Waals surface area contributed by atoms with Gasteiger partial charge in [-0.25, -0.2) is 4.39 Å². The second-order valence-electron chi connectivity index (χ2n) is 6.00. The second-order valence-corrected chi connectivity index (χ2v) is 6.00. The molecule has 23 heavy (non-hydrogen) atoms. The average Bonchev–Trinajstić information content (AvgIpc) is 2.56. The molecule has 1 aliphatic rings. The van der Waals surface area contributed by atoms with Crippen LogP contribution in [0.1, 0.15) is 30.4 Å². The average molecular weight is 321 g/mol. The molecule has 126 valence electrons. The molecule has 0 aromatic heterocycles. The van der Waals surface area contributed by atoms with Crippen LogP contribution >= 0.6 is 0 Å². The van der Waals surface area contributed by atoms with E-state index in [1.165, 1.54) is 6.07 Å². The number of carbonyl (C=O) groups excluding carboxylic acids is 2. The zero-order valence-electron chi connectivity index (χ0n) is 13.5. The fourth-order valence-corrected chi connectivity index (χ4v) is 2.75. The molecule has 3 N–H and O–H groups in total. The number of benzene rings is 1. The van der Waals surface area contributed by atoms with Crippen LogP contribution in [0.4, 0.5) is 4.39 Å². The van der Waals surface area contributed by atoms with Crippen molar-refractivity contribution in [3.8, 4) is 0 Å². The van der Waals surface area contributed by atoms with Gasteiger partial charge in [0.2, 0.25) is 11.8 Å². The molecule has 0 atom stereocenters. The molecule has 6 heteroatoms. The summed E-state index contributed by atoms with van der Waals surface area (Å²) in [5.41, 5.74) is 6.73. The van der Waals surface area contributed by atoms with E-state index in [0.29, 0.717) is 51.0 Å². The van der Waals surface area contributed by atoms with Crippen LogP contribution in [0.3, 0.4) is 0 Å². The van der Waals surface area contributed by atoms with E-state index < -0.39 is 0 Å². The summed E-state index contributed by atoms with van der Waals surface area (Å²) in [7, 11) is 0. The van der Waals surface area contributed by atoms with E-state index in [1.54, 1.807) is 17.9 Å². The van der Waals surface area contributed by atoms with Crippen molar-refractivity contribution in [1.29, 1.82) is 0 Å². The summed E-state index contributed by atoms with van der Waals surface area (Å²) < 4.78 is 13.5. The molecule has 1 aromatic rings. The van der Waals surface area contributed by atoms with Crippen LogP contribution in [0, 0.1) is 18.7 Å². The molecule has 2 rings (SSSR count). The Labute approximate surface area is 136 Å². The number of hydrogen-bond acceptors (Lipinski definition) is 3. The number of nitrogens with zero attached hydrogens (tertiary/aromatic N) is 1. The molecule has 2 amide bonds. The molecule has 0 radical (unpaired) electrons. The zero-order valence-corrected chi connectivity index (χ0v) is 13.5. The fourth-order valence-electron chi connectivity index (χ4n) is 2.75. The standard InChI is InChI=1S/C17H24FN3O2/c1-12-2-3-13(10-15(12)18)11-20-17(23)14-5-8-21(9-6-14)16(22)4-7-19/h2-3,10,14H,4-9,11,19H2,1H3,(H,20,23). The van der Waals surface area contributed by atoms with Gasteiger partial charge >= 0.3 is 0 Å². The van der Waals surface area contributed by atoms with Gasteiger partial charge in [-0.15, -0.1) is 0 Å². The monoisotopic (exact) mass is 321 g/mol. The van der Waals surface area contributed by atoms with Gasteiger partial charge < -0.3 is 16.0 Å². The van der Waals surface area contributed by atoms with E-state index in [2.05, 4.69) is 5.32 Å². The minimum absolute atomic E-state index is 0.0306. The van der Waals surface area contributed by atoms with Crippen molar-refractivity contribution in [3.05, 3.63) is 35.1 Å². The van der Waals surface area contributed by atoms with Crippen molar-refractivity contribution in [2.45, 2.75) is 32.7 Å². The molecule has 0 bridgehead atoms. The van der Waals surface area contributed by atoms with Crippen molar-refractivity contribution in [3.63, 3.8) is 0 Å². The summed E-state index contributed by atoms with van der Waals surface area (Å²) in [4.78, 5) is 25.7. The smallest absolute Gasteiger partial charge is 0.223 e. The number of likely N-dealkylation sites (tertiary alicyclic amines) is 1. The lowest BCUT2D eigenvalue weighted by molar-refractivity contribution is -0.135. The highest BCUT2D eigenvalue weighted by atomic mass is 19.1. The van der Waals surface area contributed by atoms with Crippen LogP contribution in [0.15, 0.2) is 18.2 Å². The summed E-state index contributed by atoms with van der Waals surface area (Å²) >= 11 is 0. The number of nitrogens with two attached hydrogens (primary N) is 1.